The number of pyridine rings is 1. The molecule has 1 saturated carbocycles. The van der Waals surface area contributed by atoms with Crippen molar-refractivity contribution in [3.8, 4) is 23.0 Å². The zero-order chi connectivity index (χ0) is 41.4. The van der Waals surface area contributed by atoms with Gasteiger partial charge < -0.3 is 10.4 Å². The number of hydrogen-bond acceptors (Lipinski definition) is 7. The zero-order valence-electron chi connectivity index (χ0n) is 30.6. The highest BCUT2D eigenvalue weighted by molar-refractivity contribution is 7.92. The summed E-state index contributed by atoms with van der Waals surface area (Å²) in [4.78, 5) is 18.6. The highest BCUT2D eigenvalue weighted by Gasteiger charge is 2.63. The lowest BCUT2D eigenvalue weighted by Gasteiger charge is -2.34. The van der Waals surface area contributed by atoms with Gasteiger partial charge in [-0.15, -0.1) is 0 Å². The fraction of sp³-hybridized carbons (Fsp3) is 0.368. The first-order chi connectivity index (χ1) is 26.5. The van der Waals surface area contributed by atoms with Crippen molar-refractivity contribution in [1.29, 1.82) is 0 Å². The maximum absolute atomic E-state index is 15.6. The van der Waals surface area contributed by atoms with Crippen molar-refractivity contribution in [2.75, 3.05) is 11.0 Å². The first-order valence-corrected chi connectivity index (χ1v) is 19.4. The lowest BCUT2D eigenvalue weighted by Crippen LogP contribution is -2.36. The van der Waals surface area contributed by atoms with Crippen LogP contribution in [-0.4, -0.2) is 55.8 Å². The number of sulfonamides is 1. The molecule has 0 unspecified atom stereocenters. The summed E-state index contributed by atoms with van der Waals surface area (Å²) in [6, 6.07) is 9.14. The van der Waals surface area contributed by atoms with Crippen molar-refractivity contribution < 1.29 is 49.1 Å². The molecule has 0 saturated heterocycles. The largest absolute Gasteiger partial charge is 0.435 e. The van der Waals surface area contributed by atoms with E-state index in [0.29, 0.717) is 27.2 Å². The van der Waals surface area contributed by atoms with E-state index >= 15 is 8.78 Å². The number of carbonyl (C=O) groups excluding carboxylic acids is 1. The van der Waals surface area contributed by atoms with E-state index in [-0.39, 0.29) is 47.6 Å². The summed E-state index contributed by atoms with van der Waals surface area (Å²) in [6.07, 6.45) is -4.41. The fourth-order valence-corrected chi connectivity index (χ4v) is 8.08. The van der Waals surface area contributed by atoms with Crippen molar-refractivity contribution in [2.45, 2.75) is 69.3 Å². The molecular formula is C38H34F7N7O4S. The number of fused-ring (bicyclic) bond motifs is 4. The third-order valence-corrected chi connectivity index (χ3v) is 10.4. The van der Waals surface area contributed by atoms with Crippen LogP contribution in [0.3, 0.4) is 0 Å². The molecule has 0 spiro atoms. The van der Waals surface area contributed by atoms with Gasteiger partial charge in [0.15, 0.2) is 11.5 Å². The zero-order valence-corrected chi connectivity index (χ0v) is 31.5. The van der Waals surface area contributed by atoms with Gasteiger partial charge in [-0.2, -0.15) is 32.1 Å². The molecular weight excluding hydrogens is 784 g/mol. The Morgan fingerprint density at radius 2 is 1.75 bits per heavy atom. The minimum absolute atomic E-state index is 0.00151. The normalized spacial score (nSPS) is 18.0. The minimum atomic E-state index is -5.08. The number of benzene rings is 2. The maximum Gasteiger partial charge on any atom is 0.435 e. The highest BCUT2D eigenvalue weighted by atomic mass is 32.2. The van der Waals surface area contributed by atoms with E-state index in [1.54, 1.807) is 31.3 Å². The Morgan fingerprint density at radius 3 is 2.37 bits per heavy atom. The monoisotopic (exact) mass is 817 g/mol. The number of nitrogens with zero attached hydrogens (tertiary/aromatic N) is 5. The van der Waals surface area contributed by atoms with Gasteiger partial charge in [0.1, 0.15) is 35.2 Å². The Kier molecular flexibility index (Phi) is 9.67. The molecule has 57 heavy (non-hydrogen) atoms. The van der Waals surface area contributed by atoms with E-state index in [9.17, 15) is 40.3 Å². The van der Waals surface area contributed by atoms with Crippen LogP contribution in [0.4, 0.5) is 36.6 Å². The molecule has 2 aliphatic carbocycles. The summed E-state index contributed by atoms with van der Waals surface area (Å²) in [5.41, 5.74) is -3.45. The van der Waals surface area contributed by atoms with Crippen LogP contribution in [0.15, 0.2) is 48.5 Å². The SMILES string of the molecule is Cn1nc(NS(C)(=O)=O)c2cccc(-c3ccc(C#CC(C)(C)O)nc3[C@H](Cc3cc(F)cc(F)c3)NC(=O)Cn3nc(C(F)(F)F)c4c3C(F)(F)[C@@H]3CC[C@H]43)c21. The predicted molar refractivity (Wildman–Crippen MR) is 193 cm³/mol. The van der Waals surface area contributed by atoms with Gasteiger partial charge in [0, 0.05) is 41.1 Å². The average molecular weight is 818 g/mol. The molecule has 5 aromatic rings. The first-order valence-electron chi connectivity index (χ1n) is 17.5. The Labute approximate surface area is 321 Å². The summed E-state index contributed by atoms with van der Waals surface area (Å²) in [5, 5.41) is 21.1. The number of aryl methyl sites for hydroxylation is 1. The van der Waals surface area contributed by atoms with Gasteiger partial charge in [0.2, 0.25) is 15.9 Å². The summed E-state index contributed by atoms with van der Waals surface area (Å²) in [7, 11) is -2.23. The molecule has 1 amide bonds. The number of nitrogens with one attached hydrogen (secondary N) is 2. The molecule has 0 aliphatic heterocycles. The molecule has 2 aliphatic rings. The third kappa shape index (κ3) is 7.80. The summed E-state index contributed by atoms with van der Waals surface area (Å²) in [5.74, 6) is -3.75. The molecule has 11 nitrogen and oxygen atoms in total. The van der Waals surface area contributed by atoms with Crippen LogP contribution in [0, 0.1) is 29.4 Å². The quantitative estimate of drug-likeness (QED) is 0.117. The number of amides is 1. The number of halogens is 7. The molecule has 3 atom stereocenters. The van der Waals surface area contributed by atoms with Gasteiger partial charge >= 0.3 is 6.18 Å². The molecule has 0 bridgehead atoms. The fourth-order valence-electron chi connectivity index (χ4n) is 7.57. The van der Waals surface area contributed by atoms with Crippen LogP contribution in [0.25, 0.3) is 22.0 Å². The minimum Gasteiger partial charge on any atom is -0.378 e. The molecule has 3 N–H and O–H groups in total. The van der Waals surface area contributed by atoms with Crippen LogP contribution < -0.4 is 10.0 Å². The van der Waals surface area contributed by atoms with Gasteiger partial charge in [-0.3, -0.25) is 18.9 Å². The number of para-hydroxylation sites is 1. The van der Waals surface area contributed by atoms with Crippen molar-refractivity contribution in [2.24, 2.45) is 13.0 Å². The number of alkyl halides is 5. The van der Waals surface area contributed by atoms with Gasteiger partial charge in [-0.25, -0.2) is 22.2 Å². The standard InChI is InChI=1S/C38H34F7N7O4S/c1-36(2,54)13-12-22-8-9-23(24-6-5-7-26-32(24)51(3)49-35(26)50-57(4,55)56)31(46-22)28(16-19-14-20(39)17-21(40)15-19)47-29(53)18-52-34-30(33(48-52)38(43,44)45)25-10-11-27(25)37(34,41)42/h5-9,14-15,17,25,27-28,54H,10-11,16,18H2,1-4H3,(H,47,53)(H,49,50)/t25-,27+,28-/m0/s1. The second-order valence-corrected chi connectivity index (χ2v) is 16.5. The van der Waals surface area contributed by atoms with Gasteiger partial charge in [-0.1, -0.05) is 18.1 Å². The Balaban J connectivity index is 1.38. The summed E-state index contributed by atoms with van der Waals surface area (Å²) < 4.78 is 131. The van der Waals surface area contributed by atoms with E-state index in [4.69, 9.17) is 0 Å². The topological polar surface area (TPSA) is 144 Å². The summed E-state index contributed by atoms with van der Waals surface area (Å²) >= 11 is 0. The van der Waals surface area contributed by atoms with Crippen molar-refractivity contribution in [1.82, 2.24) is 29.9 Å². The molecule has 19 heteroatoms. The predicted octanol–water partition coefficient (Wildman–Crippen LogP) is 6.32. The molecule has 1 fully saturated rings. The van der Waals surface area contributed by atoms with Gasteiger partial charge in [0.25, 0.3) is 5.92 Å². The lowest BCUT2D eigenvalue weighted by molar-refractivity contribution is -0.144. The Morgan fingerprint density at radius 1 is 1.05 bits per heavy atom. The van der Waals surface area contributed by atoms with E-state index in [1.807, 2.05) is 0 Å². The van der Waals surface area contributed by atoms with Crippen molar-refractivity contribution in [3.05, 3.63) is 94.1 Å². The van der Waals surface area contributed by atoms with Crippen LogP contribution in [0.1, 0.15) is 72.6 Å². The van der Waals surface area contributed by atoms with Crippen molar-refractivity contribution >= 4 is 32.7 Å². The smallest absolute Gasteiger partial charge is 0.378 e. The first kappa shape index (κ1) is 39.7. The summed E-state index contributed by atoms with van der Waals surface area (Å²) in [6.45, 7) is 1.77. The Bertz CT molecular complexity index is 2600. The molecule has 0 radical (unpaired) electrons. The van der Waals surface area contributed by atoms with E-state index < -0.39 is 86.6 Å². The van der Waals surface area contributed by atoms with Crippen LogP contribution in [0.2, 0.25) is 0 Å². The molecule has 3 heterocycles. The number of rotatable bonds is 9. The molecule has 3 aromatic heterocycles. The van der Waals surface area contributed by atoms with Crippen LogP contribution in [0.5, 0.6) is 0 Å². The second kappa shape index (κ2) is 13.9. The maximum atomic E-state index is 15.6. The van der Waals surface area contributed by atoms with Gasteiger partial charge in [0.05, 0.1) is 23.5 Å². The second-order valence-electron chi connectivity index (χ2n) is 14.8. The third-order valence-electron chi connectivity index (χ3n) is 9.86. The molecule has 7 rings (SSSR count). The molecule has 2 aromatic carbocycles. The number of aliphatic hydroxyl groups is 1. The lowest BCUT2D eigenvalue weighted by atomic mass is 9.73. The average Bonchev–Trinajstić information content (AvgIpc) is 3.63. The van der Waals surface area contributed by atoms with Crippen LogP contribution in [-0.2, 0) is 46.9 Å². The number of anilines is 1. The highest BCUT2D eigenvalue weighted by Crippen LogP contribution is 2.64. The van der Waals surface area contributed by atoms with Crippen molar-refractivity contribution in [3.63, 3.8) is 0 Å². The van der Waals surface area contributed by atoms with E-state index in [0.717, 1.165) is 18.4 Å². The Hall–Kier alpha value is -5.48. The van der Waals surface area contributed by atoms with E-state index in [2.05, 4.69) is 37.1 Å². The molecule has 300 valence electrons. The number of hydrogen-bond donors (Lipinski definition) is 3. The van der Waals surface area contributed by atoms with Gasteiger partial charge in [-0.05, 0) is 80.8 Å². The number of aromatic nitrogens is 5. The number of carbonyl (C=O) groups is 1. The van der Waals surface area contributed by atoms with Crippen LogP contribution >= 0.6 is 0 Å². The van der Waals surface area contributed by atoms with E-state index in [1.165, 1.54) is 24.6 Å².